The topological polar surface area (TPSA) is 47.3 Å². The molecular weight excluding hydrogens is 128 g/mol. The molecule has 0 radical (unpaired) electrons. The molecular formula is C7H16N2O. The molecule has 0 bridgehead atoms. The number of nitrogens with two attached hydrogens (primary N) is 1. The largest absolute Gasteiger partial charge is 0.402 e. The predicted octanol–water partition coefficient (Wildman–Crippen LogP) is 0.778. The minimum absolute atomic E-state index is 0.109. The van der Waals surface area contributed by atoms with Gasteiger partial charge < -0.3 is 5.73 Å². The van der Waals surface area contributed by atoms with Gasteiger partial charge in [-0.15, -0.1) is 0 Å². The minimum atomic E-state index is 0.109. The van der Waals surface area contributed by atoms with Crippen LogP contribution in [-0.4, -0.2) is 12.6 Å². The van der Waals surface area contributed by atoms with Gasteiger partial charge in [0.2, 0.25) is 0 Å². The Morgan fingerprint density at radius 2 is 2.40 bits per heavy atom. The molecule has 0 aromatic rings. The molecule has 1 unspecified atom stereocenters. The molecule has 0 saturated heterocycles. The van der Waals surface area contributed by atoms with Crippen LogP contribution in [0.2, 0.25) is 0 Å². The number of hydrogen-bond donors (Lipinski definition) is 2. The van der Waals surface area contributed by atoms with Crippen molar-refractivity contribution in [2.24, 2.45) is 5.73 Å². The van der Waals surface area contributed by atoms with E-state index in [4.69, 9.17) is 10.6 Å². The Hall–Kier alpha value is -0.540. The summed E-state index contributed by atoms with van der Waals surface area (Å²) < 4.78 is 0. The van der Waals surface area contributed by atoms with Crippen molar-refractivity contribution in [3.8, 4) is 0 Å². The van der Waals surface area contributed by atoms with E-state index in [0.29, 0.717) is 12.1 Å². The van der Waals surface area contributed by atoms with E-state index in [9.17, 15) is 0 Å². The summed E-state index contributed by atoms with van der Waals surface area (Å²) >= 11 is 0. The van der Waals surface area contributed by atoms with Gasteiger partial charge in [0.25, 0.3) is 0 Å². The number of nitrogens with one attached hydrogen (secondary N) is 1. The monoisotopic (exact) mass is 144 g/mol. The lowest BCUT2D eigenvalue weighted by atomic mass is 10.2. The van der Waals surface area contributed by atoms with Gasteiger partial charge in [-0.3, -0.25) is 4.84 Å². The molecule has 0 spiro atoms. The third kappa shape index (κ3) is 5.59. The maximum atomic E-state index is 5.36. The van der Waals surface area contributed by atoms with Crippen LogP contribution in [0.15, 0.2) is 12.3 Å². The zero-order chi connectivity index (χ0) is 7.98. The molecule has 0 aliphatic carbocycles. The first-order valence-corrected chi connectivity index (χ1v) is 3.48. The van der Waals surface area contributed by atoms with E-state index in [1.807, 2.05) is 13.8 Å². The van der Waals surface area contributed by atoms with Gasteiger partial charge in [0.15, 0.2) is 0 Å². The average molecular weight is 144 g/mol. The zero-order valence-corrected chi connectivity index (χ0v) is 6.68. The first-order valence-electron chi connectivity index (χ1n) is 3.48. The highest BCUT2D eigenvalue weighted by atomic mass is 16.7. The van der Waals surface area contributed by atoms with E-state index in [1.54, 1.807) is 0 Å². The van der Waals surface area contributed by atoms with Crippen molar-refractivity contribution in [1.82, 2.24) is 5.48 Å². The molecule has 3 heteroatoms. The first kappa shape index (κ1) is 9.46. The third-order valence-electron chi connectivity index (χ3n) is 0.979. The van der Waals surface area contributed by atoms with Crippen LogP contribution in [0, 0.1) is 0 Å². The maximum absolute atomic E-state index is 5.36. The van der Waals surface area contributed by atoms with Crippen molar-refractivity contribution >= 4 is 0 Å². The van der Waals surface area contributed by atoms with E-state index < -0.39 is 0 Å². The van der Waals surface area contributed by atoms with Gasteiger partial charge in [-0.05, 0) is 6.92 Å². The molecule has 60 valence electrons. The SMILES string of the molecule is C=C(N)CC(C)ONCC. The number of rotatable bonds is 5. The van der Waals surface area contributed by atoms with Crippen LogP contribution in [-0.2, 0) is 4.84 Å². The number of hydroxylamine groups is 1. The van der Waals surface area contributed by atoms with Crippen molar-refractivity contribution < 1.29 is 4.84 Å². The molecule has 1 atom stereocenters. The van der Waals surface area contributed by atoms with Gasteiger partial charge >= 0.3 is 0 Å². The lowest BCUT2D eigenvalue weighted by Crippen LogP contribution is -2.22. The summed E-state index contributed by atoms with van der Waals surface area (Å²) in [5.74, 6) is 0. The van der Waals surface area contributed by atoms with Crippen LogP contribution in [0.25, 0.3) is 0 Å². The Balaban J connectivity index is 3.25. The molecule has 0 aromatic heterocycles. The highest BCUT2D eigenvalue weighted by molar-refractivity contribution is 4.87. The molecule has 0 amide bonds. The second kappa shape index (κ2) is 5.26. The van der Waals surface area contributed by atoms with E-state index in [2.05, 4.69) is 12.1 Å². The van der Waals surface area contributed by atoms with Crippen molar-refractivity contribution in [3.05, 3.63) is 12.3 Å². The highest BCUT2D eigenvalue weighted by Gasteiger charge is 2.00. The summed E-state index contributed by atoms with van der Waals surface area (Å²) in [6.07, 6.45) is 0.810. The fraction of sp³-hybridized carbons (Fsp3) is 0.714. The van der Waals surface area contributed by atoms with Crippen molar-refractivity contribution in [2.75, 3.05) is 6.54 Å². The van der Waals surface area contributed by atoms with Crippen molar-refractivity contribution in [2.45, 2.75) is 26.4 Å². The van der Waals surface area contributed by atoms with E-state index >= 15 is 0 Å². The smallest absolute Gasteiger partial charge is 0.0816 e. The Bertz CT molecular complexity index is 104. The normalized spacial score (nSPS) is 13.0. The quantitative estimate of drug-likeness (QED) is 0.560. The molecule has 0 heterocycles. The molecule has 0 aliphatic heterocycles. The Morgan fingerprint density at radius 3 is 2.80 bits per heavy atom. The first-order chi connectivity index (χ1) is 4.66. The lowest BCUT2D eigenvalue weighted by Gasteiger charge is -2.11. The summed E-state index contributed by atoms with van der Waals surface area (Å²) in [5, 5.41) is 0. The minimum Gasteiger partial charge on any atom is -0.402 e. The Kier molecular flexibility index (Phi) is 4.98. The summed E-state index contributed by atoms with van der Waals surface area (Å²) in [7, 11) is 0. The van der Waals surface area contributed by atoms with Gasteiger partial charge in [-0.2, -0.15) is 0 Å². The van der Waals surface area contributed by atoms with Gasteiger partial charge in [0.1, 0.15) is 0 Å². The van der Waals surface area contributed by atoms with Crippen LogP contribution < -0.4 is 11.2 Å². The van der Waals surface area contributed by atoms with Crippen molar-refractivity contribution in [3.63, 3.8) is 0 Å². The Morgan fingerprint density at radius 1 is 1.80 bits per heavy atom. The summed E-state index contributed by atoms with van der Waals surface area (Å²) in [5.41, 5.74) is 8.78. The average Bonchev–Trinajstić information content (AvgIpc) is 1.82. The van der Waals surface area contributed by atoms with E-state index in [1.165, 1.54) is 0 Å². The molecule has 0 fully saturated rings. The summed E-state index contributed by atoms with van der Waals surface area (Å²) in [6.45, 7) is 8.30. The van der Waals surface area contributed by atoms with E-state index in [0.717, 1.165) is 6.54 Å². The van der Waals surface area contributed by atoms with Crippen molar-refractivity contribution in [1.29, 1.82) is 0 Å². The summed E-state index contributed by atoms with van der Waals surface area (Å²) in [6, 6.07) is 0. The van der Waals surface area contributed by atoms with Crippen LogP contribution in [0.4, 0.5) is 0 Å². The predicted molar refractivity (Wildman–Crippen MR) is 42.2 cm³/mol. The molecule has 0 rings (SSSR count). The fourth-order valence-electron chi connectivity index (χ4n) is 0.636. The third-order valence-corrected chi connectivity index (χ3v) is 0.979. The molecule has 0 aliphatic rings. The second-order valence-electron chi connectivity index (χ2n) is 2.29. The lowest BCUT2D eigenvalue weighted by molar-refractivity contribution is -0.0115. The molecule has 0 aromatic carbocycles. The second-order valence-corrected chi connectivity index (χ2v) is 2.29. The van der Waals surface area contributed by atoms with Gasteiger partial charge in [-0.25, -0.2) is 5.48 Å². The number of hydrogen-bond acceptors (Lipinski definition) is 3. The maximum Gasteiger partial charge on any atom is 0.0816 e. The Labute approximate surface area is 62.2 Å². The van der Waals surface area contributed by atoms with Crippen LogP contribution >= 0.6 is 0 Å². The zero-order valence-electron chi connectivity index (χ0n) is 6.68. The molecule has 0 saturated carbocycles. The van der Waals surface area contributed by atoms with Gasteiger partial charge in [0.05, 0.1) is 6.10 Å². The van der Waals surface area contributed by atoms with Crippen LogP contribution in [0.3, 0.4) is 0 Å². The summed E-state index contributed by atoms with van der Waals surface area (Å²) in [4.78, 5) is 5.11. The molecule has 10 heavy (non-hydrogen) atoms. The van der Waals surface area contributed by atoms with Crippen LogP contribution in [0.5, 0.6) is 0 Å². The molecule has 3 nitrogen and oxygen atoms in total. The van der Waals surface area contributed by atoms with Crippen LogP contribution in [0.1, 0.15) is 20.3 Å². The van der Waals surface area contributed by atoms with Gasteiger partial charge in [0, 0.05) is 18.7 Å². The standard InChI is InChI=1S/C7H16N2O/c1-4-9-10-7(3)5-6(2)8/h7,9H,2,4-5,8H2,1,3H3. The molecule has 3 N–H and O–H groups in total. The van der Waals surface area contributed by atoms with Gasteiger partial charge in [-0.1, -0.05) is 13.5 Å². The fourth-order valence-corrected chi connectivity index (χ4v) is 0.636. The van der Waals surface area contributed by atoms with E-state index in [-0.39, 0.29) is 6.10 Å². The highest BCUT2D eigenvalue weighted by Crippen LogP contribution is 1.98.